The maximum Gasteiger partial charge on any atom is 0.410 e. The molecular weight excluding hydrogens is 246 g/mol. The average Bonchev–Trinajstić information content (AvgIpc) is 2.58. The predicted molar refractivity (Wildman–Crippen MR) is 74.9 cm³/mol. The van der Waals surface area contributed by atoms with Gasteiger partial charge in [0.25, 0.3) is 0 Å². The van der Waals surface area contributed by atoms with Crippen molar-refractivity contribution < 1.29 is 14.0 Å². The standard InChI is InChI=1S/C13H25NO3Si/c1-13(2,3)17-12(15)14-8-7-11(9-14)10-16-18(4,5)6/h10H,7-9H2,1-6H3/b11-10+. The number of amides is 1. The van der Waals surface area contributed by atoms with Gasteiger partial charge in [0, 0.05) is 13.1 Å². The Balaban J connectivity index is 2.49. The van der Waals surface area contributed by atoms with Crippen LogP contribution in [-0.2, 0) is 9.16 Å². The van der Waals surface area contributed by atoms with Crippen LogP contribution in [0.25, 0.3) is 0 Å². The molecule has 0 bridgehead atoms. The zero-order valence-corrected chi connectivity index (χ0v) is 13.4. The summed E-state index contributed by atoms with van der Waals surface area (Å²) in [6.07, 6.45) is 2.49. The zero-order chi connectivity index (χ0) is 14.0. The van der Waals surface area contributed by atoms with Crippen molar-refractivity contribution in [1.29, 1.82) is 0 Å². The number of ether oxygens (including phenoxy) is 1. The number of rotatable bonds is 2. The number of hydrogen-bond donors (Lipinski definition) is 0. The van der Waals surface area contributed by atoms with Gasteiger partial charge in [-0.3, -0.25) is 0 Å². The number of carbonyl (C=O) groups is 1. The Labute approximate surface area is 111 Å². The first kappa shape index (κ1) is 15.1. The third-order valence-corrected chi connectivity index (χ3v) is 3.15. The van der Waals surface area contributed by atoms with Crippen LogP contribution in [0.5, 0.6) is 0 Å². The highest BCUT2D eigenvalue weighted by Crippen LogP contribution is 2.19. The third-order valence-electron chi connectivity index (χ3n) is 2.33. The minimum atomic E-state index is -1.52. The Morgan fingerprint density at radius 3 is 2.44 bits per heavy atom. The summed E-state index contributed by atoms with van der Waals surface area (Å²) >= 11 is 0. The number of nitrogens with zero attached hydrogens (tertiary/aromatic N) is 1. The molecule has 0 N–H and O–H groups in total. The van der Waals surface area contributed by atoms with E-state index in [0.29, 0.717) is 6.54 Å². The first-order valence-corrected chi connectivity index (χ1v) is 9.81. The second-order valence-corrected chi connectivity index (χ2v) is 11.1. The zero-order valence-electron chi connectivity index (χ0n) is 12.4. The highest BCUT2D eigenvalue weighted by atomic mass is 28.4. The molecule has 5 heteroatoms. The fourth-order valence-corrected chi connectivity index (χ4v) is 2.04. The highest BCUT2D eigenvalue weighted by molar-refractivity contribution is 6.69. The Morgan fingerprint density at radius 1 is 1.33 bits per heavy atom. The molecule has 1 aliphatic rings. The Morgan fingerprint density at radius 2 is 1.94 bits per heavy atom. The van der Waals surface area contributed by atoms with E-state index in [1.54, 1.807) is 4.90 Å². The molecule has 1 aliphatic heterocycles. The lowest BCUT2D eigenvalue weighted by molar-refractivity contribution is 0.0299. The van der Waals surface area contributed by atoms with Crippen LogP contribution in [0, 0.1) is 0 Å². The van der Waals surface area contributed by atoms with Crippen LogP contribution in [-0.4, -0.2) is 38.0 Å². The van der Waals surface area contributed by atoms with Gasteiger partial charge >= 0.3 is 6.09 Å². The lowest BCUT2D eigenvalue weighted by Crippen LogP contribution is -2.34. The summed E-state index contributed by atoms with van der Waals surface area (Å²) in [5.41, 5.74) is 0.738. The van der Waals surface area contributed by atoms with Crippen molar-refractivity contribution in [2.24, 2.45) is 0 Å². The second-order valence-electron chi connectivity index (χ2n) is 6.66. The molecule has 1 fully saturated rings. The van der Waals surface area contributed by atoms with E-state index < -0.39 is 13.9 Å². The van der Waals surface area contributed by atoms with Crippen molar-refractivity contribution >= 4 is 14.4 Å². The normalized spacial score (nSPS) is 19.2. The van der Waals surface area contributed by atoms with Gasteiger partial charge in [0.2, 0.25) is 8.32 Å². The molecule has 0 aromatic rings. The summed E-state index contributed by atoms with van der Waals surface area (Å²) in [6.45, 7) is 13.4. The Bertz CT molecular complexity index is 339. The molecule has 4 nitrogen and oxygen atoms in total. The maximum atomic E-state index is 11.9. The number of hydrogen-bond acceptors (Lipinski definition) is 3. The van der Waals surface area contributed by atoms with Crippen LogP contribution < -0.4 is 0 Å². The third kappa shape index (κ3) is 5.58. The van der Waals surface area contributed by atoms with E-state index in [2.05, 4.69) is 19.6 Å². The summed E-state index contributed by atoms with van der Waals surface area (Å²) in [4.78, 5) is 13.6. The number of carbonyl (C=O) groups excluding carboxylic acids is 1. The van der Waals surface area contributed by atoms with Gasteiger partial charge in [-0.05, 0) is 52.4 Å². The van der Waals surface area contributed by atoms with Crippen LogP contribution in [0.2, 0.25) is 19.6 Å². The SMILES string of the molecule is CC(C)(C)OC(=O)N1CC/C(=C\O[Si](C)(C)C)C1. The van der Waals surface area contributed by atoms with Gasteiger partial charge < -0.3 is 14.1 Å². The largest absolute Gasteiger partial charge is 0.550 e. The maximum absolute atomic E-state index is 11.9. The Hall–Kier alpha value is -0.973. The van der Waals surface area contributed by atoms with E-state index >= 15 is 0 Å². The van der Waals surface area contributed by atoms with Crippen molar-refractivity contribution in [2.75, 3.05) is 13.1 Å². The van der Waals surface area contributed by atoms with E-state index in [4.69, 9.17) is 9.16 Å². The first-order chi connectivity index (χ1) is 8.07. The minimum absolute atomic E-state index is 0.237. The monoisotopic (exact) mass is 271 g/mol. The first-order valence-electron chi connectivity index (χ1n) is 6.40. The van der Waals surface area contributed by atoms with Crippen molar-refractivity contribution in [1.82, 2.24) is 4.90 Å². The fourth-order valence-electron chi connectivity index (χ4n) is 1.52. The average molecular weight is 271 g/mol. The van der Waals surface area contributed by atoms with Crippen molar-refractivity contribution in [3.63, 3.8) is 0 Å². The Kier molecular flexibility index (Phi) is 4.48. The van der Waals surface area contributed by atoms with E-state index in [1.807, 2.05) is 27.0 Å². The number of likely N-dealkylation sites (tertiary alicyclic amines) is 1. The molecule has 0 atom stereocenters. The molecule has 1 saturated heterocycles. The van der Waals surface area contributed by atoms with Gasteiger partial charge in [-0.15, -0.1) is 0 Å². The van der Waals surface area contributed by atoms with E-state index in [9.17, 15) is 4.79 Å². The molecule has 0 radical (unpaired) electrons. The summed E-state index contributed by atoms with van der Waals surface area (Å²) in [6, 6.07) is 0. The van der Waals surface area contributed by atoms with E-state index in [1.165, 1.54) is 5.57 Å². The minimum Gasteiger partial charge on any atom is -0.550 e. The molecular formula is C13H25NO3Si. The van der Waals surface area contributed by atoms with Crippen molar-refractivity contribution in [3.8, 4) is 0 Å². The summed E-state index contributed by atoms with van der Waals surface area (Å²) in [7, 11) is -1.52. The molecule has 104 valence electrons. The molecule has 0 unspecified atom stereocenters. The van der Waals surface area contributed by atoms with E-state index in [-0.39, 0.29) is 6.09 Å². The molecule has 1 rings (SSSR count). The quantitative estimate of drug-likeness (QED) is 0.571. The molecule has 0 aromatic carbocycles. The van der Waals surface area contributed by atoms with Gasteiger partial charge in [-0.25, -0.2) is 4.79 Å². The van der Waals surface area contributed by atoms with Gasteiger partial charge in [0.15, 0.2) is 0 Å². The van der Waals surface area contributed by atoms with Crippen molar-refractivity contribution in [3.05, 3.63) is 11.8 Å². The summed E-state index contributed by atoms with van der Waals surface area (Å²) < 4.78 is 11.1. The van der Waals surface area contributed by atoms with Crippen LogP contribution in [0.15, 0.2) is 11.8 Å². The molecule has 1 heterocycles. The smallest absolute Gasteiger partial charge is 0.410 e. The molecule has 1 amide bonds. The van der Waals surface area contributed by atoms with Gasteiger partial charge in [-0.2, -0.15) is 0 Å². The molecule has 0 spiro atoms. The van der Waals surface area contributed by atoms with Crippen LogP contribution in [0.1, 0.15) is 27.2 Å². The van der Waals surface area contributed by atoms with Crippen LogP contribution >= 0.6 is 0 Å². The predicted octanol–water partition coefficient (Wildman–Crippen LogP) is 3.36. The summed E-state index contributed by atoms with van der Waals surface area (Å²) in [5.74, 6) is 0. The fraction of sp³-hybridized carbons (Fsp3) is 0.769. The van der Waals surface area contributed by atoms with Gasteiger partial charge in [0.05, 0.1) is 6.26 Å². The molecule has 0 aliphatic carbocycles. The van der Waals surface area contributed by atoms with E-state index in [0.717, 1.165) is 13.0 Å². The van der Waals surface area contributed by atoms with Gasteiger partial charge in [0.1, 0.15) is 5.60 Å². The summed E-state index contributed by atoms with van der Waals surface area (Å²) in [5, 5.41) is 0. The second kappa shape index (κ2) is 5.34. The lowest BCUT2D eigenvalue weighted by atomic mass is 10.2. The van der Waals surface area contributed by atoms with Crippen LogP contribution in [0.3, 0.4) is 0 Å². The topological polar surface area (TPSA) is 38.8 Å². The molecule has 18 heavy (non-hydrogen) atoms. The highest BCUT2D eigenvalue weighted by Gasteiger charge is 2.27. The lowest BCUT2D eigenvalue weighted by Gasteiger charge is -2.24. The van der Waals surface area contributed by atoms with Gasteiger partial charge in [-0.1, -0.05) is 0 Å². The molecule has 0 saturated carbocycles. The van der Waals surface area contributed by atoms with Crippen LogP contribution in [0.4, 0.5) is 4.79 Å². The molecule has 0 aromatic heterocycles. The van der Waals surface area contributed by atoms with Crippen molar-refractivity contribution in [2.45, 2.75) is 52.4 Å².